The fourth-order valence-electron chi connectivity index (χ4n) is 3.21. The number of aryl methyl sites for hydroxylation is 1. The van der Waals surface area contributed by atoms with Gasteiger partial charge in [-0.2, -0.15) is 0 Å². The predicted octanol–water partition coefficient (Wildman–Crippen LogP) is 6.57. The first-order valence-corrected chi connectivity index (χ1v) is 9.96. The molecule has 1 heterocycles. The Kier molecular flexibility index (Phi) is 5.12. The number of fused-ring (bicyclic) bond motifs is 1. The third-order valence-electron chi connectivity index (χ3n) is 5.02. The van der Waals surface area contributed by atoms with Crippen LogP contribution in [0.5, 0.6) is 0 Å². The summed E-state index contributed by atoms with van der Waals surface area (Å²) in [6.07, 6.45) is 0. The maximum Gasteiger partial charge on any atom is 0.255 e. The zero-order valence-electron chi connectivity index (χ0n) is 16.6. The van der Waals surface area contributed by atoms with Gasteiger partial charge in [0.15, 0.2) is 0 Å². The Hall–Kier alpha value is -3.11. The van der Waals surface area contributed by atoms with Crippen LogP contribution in [0, 0.1) is 6.92 Å². The van der Waals surface area contributed by atoms with Gasteiger partial charge in [0.25, 0.3) is 5.91 Å². The molecule has 0 spiro atoms. The highest BCUT2D eigenvalue weighted by Gasteiger charge is 2.10. The third-order valence-corrected chi connectivity index (χ3v) is 5.43. The molecular weight excluding hydrogens is 382 g/mol. The Morgan fingerprint density at radius 3 is 2.38 bits per heavy atom. The maximum atomic E-state index is 12.5. The molecule has 0 radical (unpaired) electrons. The van der Waals surface area contributed by atoms with Crippen LogP contribution in [0.25, 0.3) is 22.4 Å². The van der Waals surface area contributed by atoms with Gasteiger partial charge in [-0.25, -0.2) is 4.98 Å². The average molecular weight is 404 g/mol. The first-order chi connectivity index (χ1) is 13.9. The first kappa shape index (κ1) is 19.2. The highest BCUT2D eigenvalue weighted by atomic mass is 35.5. The molecule has 29 heavy (non-hydrogen) atoms. The van der Waals surface area contributed by atoms with Gasteiger partial charge in [-0.1, -0.05) is 37.6 Å². The number of nitrogens with zero attached hydrogens (tertiary/aromatic N) is 1. The smallest absolute Gasteiger partial charge is 0.255 e. The van der Waals surface area contributed by atoms with Gasteiger partial charge in [0, 0.05) is 21.8 Å². The van der Waals surface area contributed by atoms with Crippen LogP contribution in [0.3, 0.4) is 0 Å². The Morgan fingerprint density at radius 1 is 1.03 bits per heavy atom. The van der Waals surface area contributed by atoms with Crippen LogP contribution in [0.4, 0.5) is 5.69 Å². The highest BCUT2D eigenvalue weighted by molar-refractivity contribution is 6.32. The number of aromatic amines is 1. The van der Waals surface area contributed by atoms with E-state index in [0.29, 0.717) is 16.5 Å². The van der Waals surface area contributed by atoms with E-state index < -0.39 is 0 Å². The quantitative estimate of drug-likeness (QED) is 0.405. The normalized spacial score (nSPS) is 11.2. The third kappa shape index (κ3) is 4.03. The number of halogens is 1. The number of aromatic nitrogens is 2. The summed E-state index contributed by atoms with van der Waals surface area (Å²) in [5.74, 6) is 1.09. The van der Waals surface area contributed by atoms with Gasteiger partial charge in [0.1, 0.15) is 5.82 Å². The number of hydrogen-bond acceptors (Lipinski definition) is 2. The minimum Gasteiger partial charge on any atom is -0.338 e. The molecule has 0 aliphatic carbocycles. The number of carbonyl (C=O) groups excluding carboxylic acids is 1. The number of carbonyl (C=O) groups is 1. The zero-order valence-corrected chi connectivity index (χ0v) is 17.3. The van der Waals surface area contributed by atoms with Crippen LogP contribution in [-0.4, -0.2) is 15.9 Å². The number of amides is 1. The van der Waals surface area contributed by atoms with Crippen LogP contribution < -0.4 is 5.32 Å². The van der Waals surface area contributed by atoms with Gasteiger partial charge in [0.05, 0.1) is 11.0 Å². The van der Waals surface area contributed by atoms with Crippen molar-refractivity contribution in [3.8, 4) is 11.4 Å². The standard InChI is InChI=1S/C24H22ClN3O/c1-14(2)16-4-6-18(7-5-16)24(29)26-19-10-8-17(9-11-19)23-27-21-12-15(3)20(25)13-22(21)28-23/h4-14H,1-3H3,(H,26,29)(H,27,28). The molecule has 0 bridgehead atoms. The summed E-state index contributed by atoms with van der Waals surface area (Å²) in [5, 5.41) is 3.64. The summed E-state index contributed by atoms with van der Waals surface area (Å²) in [6.45, 7) is 6.24. The number of hydrogen-bond donors (Lipinski definition) is 2. The van der Waals surface area contributed by atoms with Gasteiger partial charge in [-0.15, -0.1) is 0 Å². The lowest BCUT2D eigenvalue weighted by atomic mass is 10.0. The monoisotopic (exact) mass is 403 g/mol. The lowest BCUT2D eigenvalue weighted by Crippen LogP contribution is -2.11. The van der Waals surface area contributed by atoms with E-state index in [2.05, 4.69) is 29.1 Å². The molecule has 4 nitrogen and oxygen atoms in total. The van der Waals surface area contributed by atoms with Gasteiger partial charge in [0.2, 0.25) is 0 Å². The van der Waals surface area contributed by atoms with E-state index in [0.717, 1.165) is 33.7 Å². The molecule has 4 aromatic rings. The van der Waals surface area contributed by atoms with Crippen molar-refractivity contribution in [2.75, 3.05) is 5.32 Å². The largest absolute Gasteiger partial charge is 0.338 e. The molecule has 146 valence electrons. The molecule has 5 heteroatoms. The molecule has 1 amide bonds. The van der Waals surface area contributed by atoms with Crippen molar-refractivity contribution >= 4 is 34.2 Å². The van der Waals surface area contributed by atoms with E-state index in [4.69, 9.17) is 11.6 Å². The van der Waals surface area contributed by atoms with Crippen LogP contribution in [0.2, 0.25) is 5.02 Å². The minimum absolute atomic E-state index is 0.123. The van der Waals surface area contributed by atoms with Gasteiger partial charge < -0.3 is 10.3 Å². The predicted molar refractivity (Wildman–Crippen MR) is 120 cm³/mol. The summed E-state index contributed by atoms with van der Waals surface area (Å²) in [7, 11) is 0. The first-order valence-electron chi connectivity index (χ1n) is 9.58. The Bertz CT molecular complexity index is 1140. The topological polar surface area (TPSA) is 57.8 Å². The van der Waals surface area contributed by atoms with Gasteiger partial charge in [-0.3, -0.25) is 4.79 Å². The molecule has 0 aliphatic heterocycles. The molecule has 3 aromatic carbocycles. The number of nitrogens with one attached hydrogen (secondary N) is 2. The number of benzene rings is 3. The lowest BCUT2D eigenvalue weighted by molar-refractivity contribution is 0.102. The number of anilines is 1. The van der Waals surface area contributed by atoms with Gasteiger partial charge >= 0.3 is 0 Å². The van der Waals surface area contributed by atoms with E-state index in [-0.39, 0.29) is 5.91 Å². The minimum atomic E-state index is -0.123. The fourth-order valence-corrected chi connectivity index (χ4v) is 3.37. The van der Waals surface area contributed by atoms with Crippen LogP contribution in [0.1, 0.15) is 41.3 Å². The van der Waals surface area contributed by atoms with E-state index in [1.807, 2.05) is 67.6 Å². The van der Waals surface area contributed by atoms with Crippen molar-refractivity contribution in [1.29, 1.82) is 0 Å². The Balaban J connectivity index is 1.51. The Morgan fingerprint density at radius 2 is 1.72 bits per heavy atom. The molecule has 0 unspecified atom stereocenters. The molecule has 0 atom stereocenters. The van der Waals surface area contributed by atoms with Crippen molar-refractivity contribution in [2.45, 2.75) is 26.7 Å². The highest BCUT2D eigenvalue weighted by Crippen LogP contribution is 2.26. The number of rotatable bonds is 4. The molecular formula is C24H22ClN3O. The summed E-state index contributed by atoms with van der Waals surface area (Å²) in [5.41, 5.74) is 6.32. The van der Waals surface area contributed by atoms with Crippen molar-refractivity contribution < 1.29 is 4.79 Å². The molecule has 2 N–H and O–H groups in total. The number of H-pyrrole nitrogens is 1. The van der Waals surface area contributed by atoms with Crippen LogP contribution in [-0.2, 0) is 0 Å². The molecule has 1 aromatic heterocycles. The Labute approximate surface area is 174 Å². The molecule has 0 saturated carbocycles. The van der Waals surface area contributed by atoms with E-state index in [1.54, 1.807) is 0 Å². The maximum absolute atomic E-state index is 12.5. The molecule has 0 saturated heterocycles. The second kappa shape index (κ2) is 7.72. The zero-order chi connectivity index (χ0) is 20.5. The van der Waals surface area contributed by atoms with Gasteiger partial charge in [-0.05, 0) is 72.5 Å². The van der Waals surface area contributed by atoms with E-state index >= 15 is 0 Å². The molecule has 0 fully saturated rings. The summed E-state index contributed by atoms with van der Waals surface area (Å²) < 4.78 is 0. The molecule has 4 rings (SSSR count). The summed E-state index contributed by atoms with van der Waals surface area (Å²) in [6, 6.07) is 19.2. The fraction of sp³-hybridized carbons (Fsp3) is 0.167. The summed E-state index contributed by atoms with van der Waals surface area (Å²) >= 11 is 6.19. The van der Waals surface area contributed by atoms with Crippen molar-refractivity contribution in [3.63, 3.8) is 0 Å². The summed E-state index contributed by atoms with van der Waals surface area (Å²) in [4.78, 5) is 20.4. The van der Waals surface area contributed by atoms with Crippen molar-refractivity contribution in [2.24, 2.45) is 0 Å². The van der Waals surface area contributed by atoms with E-state index in [1.165, 1.54) is 5.56 Å². The SMILES string of the molecule is Cc1cc2[nH]c(-c3ccc(NC(=O)c4ccc(C(C)C)cc4)cc3)nc2cc1Cl. The van der Waals surface area contributed by atoms with Crippen molar-refractivity contribution in [1.82, 2.24) is 9.97 Å². The van der Waals surface area contributed by atoms with Crippen molar-refractivity contribution in [3.05, 3.63) is 82.4 Å². The second-order valence-electron chi connectivity index (χ2n) is 7.51. The van der Waals surface area contributed by atoms with E-state index in [9.17, 15) is 4.79 Å². The lowest BCUT2D eigenvalue weighted by Gasteiger charge is -2.08. The second-order valence-corrected chi connectivity index (χ2v) is 7.92. The van der Waals surface area contributed by atoms with Crippen LogP contribution in [0.15, 0.2) is 60.7 Å². The average Bonchev–Trinajstić information content (AvgIpc) is 3.11. The number of imidazole rings is 1. The molecule has 0 aliphatic rings. The van der Waals surface area contributed by atoms with Crippen LogP contribution >= 0.6 is 11.6 Å².